The lowest BCUT2D eigenvalue weighted by Crippen LogP contribution is -2.20. The second kappa shape index (κ2) is 8.80. The minimum Gasteiger partial charge on any atom is -0.491 e. The summed E-state index contributed by atoms with van der Waals surface area (Å²) in [6.45, 7) is 4.78. The first-order chi connectivity index (χ1) is 12.0. The molecule has 0 heterocycles. The van der Waals surface area contributed by atoms with Crippen molar-refractivity contribution in [3.05, 3.63) is 59.7 Å². The van der Waals surface area contributed by atoms with E-state index in [1.54, 1.807) is 0 Å². The number of aliphatic hydroxyl groups is 1. The van der Waals surface area contributed by atoms with Gasteiger partial charge >= 0.3 is 0 Å². The third kappa shape index (κ3) is 5.16. The predicted octanol–water partition coefficient (Wildman–Crippen LogP) is 4.00. The van der Waals surface area contributed by atoms with Crippen LogP contribution in [0.15, 0.2) is 48.5 Å². The standard InChI is InChI=1S/C21H23ClO3/c1-4-13-24-19-9-5-16(6-10-19)21(2,3)17-7-11-20(12-8-17)25-15-18(23)14-22/h1,5-12,18,23H,13-15H2,2-3H3/t18-/m1/s1. The molecule has 2 rings (SSSR count). The highest BCUT2D eigenvalue weighted by molar-refractivity contribution is 6.18. The number of aliphatic hydroxyl groups excluding tert-OH is 1. The molecule has 2 aromatic rings. The van der Waals surface area contributed by atoms with Gasteiger partial charge in [-0.3, -0.25) is 0 Å². The zero-order chi connectivity index (χ0) is 18.3. The Balaban J connectivity index is 2.09. The van der Waals surface area contributed by atoms with E-state index in [4.69, 9.17) is 27.5 Å². The fourth-order valence-electron chi connectivity index (χ4n) is 2.46. The van der Waals surface area contributed by atoms with Crippen LogP contribution in [0.4, 0.5) is 0 Å². The van der Waals surface area contributed by atoms with E-state index in [1.807, 2.05) is 48.5 Å². The van der Waals surface area contributed by atoms with Crippen molar-refractivity contribution in [2.24, 2.45) is 0 Å². The van der Waals surface area contributed by atoms with Crippen LogP contribution in [0.3, 0.4) is 0 Å². The second-order valence-electron chi connectivity index (χ2n) is 6.29. The van der Waals surface area contributed by atoms with Gasteiger partial charge in [0.15, 0.2) is 0 Å². The summed E-state index contributed by atoms with van der Waals surface area (Å²) in [6, 6.07) is 15.8. The van der Waals surface area contributed by atoms with E-state index >= 15 is 0 Å². The maximum absolute atomic E-state index is 9.45. The smallest absolute Gasteiger partial charge is 0.148 e. The van der Waals surface area contributed by atoms with Crippen molar-refractivity contribution in [1.29, 1.82) is 0 Å². The molecule has 1 atom stereocenters. The van der Waals surface area contributed by atoms with Crippen molar-refractivity contribution < 1.29 is 14.6 Å². The Labute approximate surface area is 154 Å². The van der Waals surface area contributed by atoms with E-state index in [2.05, 4.69) is 19.8 Å². The van der Waals surface area contributed by atoms with Crippen LogP contribution >= 0.6 is 11.6 Å². The average molecular weight is 359 g/mol. The van der Waals surface area contributed by atoms with Gasteiger partial charge in [0.2, 0.25) is 0 Å². The molecular weight excluding hydrogens is 336 g/mol. The van der Waals surface area contributed by atoms with Gasteiger partial charge in [0.1, 0.15) is 30.8 Å². The minimum absolute atomic E-state index is 0.159. The van der Waals surface area contributed by atoms with Gasteiger partial charge in [-0.1, -0.05) is 44.0 Å². The van der Waals surface area contributed by atoms with Gasteiger partial charge in [-0.15, -0.1) is 18.0 Å². The molecule has 0 radical (unpaired) electrons. The molecule has 0 aliphatic carbocycles. The molecule has 0 spiro atoms. The third-order valence-electron chi connectivity index (χ3n) is 4.09. The molecule has 0 fully saturated rings. The first kappa shape index (κ1) is 19.2. The van der Waals surface area contributed by atoms with E-state index < -0.39 is 6.10 Å². The summed E-state index contributed by atoms with van der Waals surface area (Å²) in [5.41, 5.74) is 2.17. The normalized spacial score (nSPS) is 12.3. The monoisotopic (exact) mass is 358 g/mol. The molecule has 0 unspecified atom stereocenters. The molecule has 0 bridgehead atoms. The molecule has 3 nitrogen and oxygen atoms in total. The lowest BCUT2D eigenvalue weighted by atomic mass is 9.78. The maximum Gasteiger partial charge on any atom is 0.148 e. The summed E-state index contributed by atoms with van der Waals surface area (Å²) in [5.74, 6) is 4.09. The third-order valence-corrected chi connectivity index (χ3v) is 4.45. The molecule has 1 N–H and O–H groups in total. The first-order valence-electron chi connectivity index (χ1n) is 8.11. The van der Waals surface area contributed by atoms with Crippen LogP contribution < -0.4 is 9.47 Å². The molecule has 4 heteroatoms. The van der Waals surface area contributed by atoms with Crippen molar-refractivity contribution in [2.45, 2.75) is 25.4 Å². The zero-order valence-electron chi connectivity index (χ0n) is 14.5. The first-order valence-corrected chi connectivity index (χ1v) is 8.65. The van der Waals surface area contributed by atoms with Crippen molar-refractivity contribution in [2.75, 3.05) is 19.1 Å². The average Bonchev–Trinajstić information content (AvgIpc) is 2.65. The predicted molar refractivity (Wildman–Crippen MR) is 102 cm³/mol. The lowest BCUT2D eigenvalue weighted by Gasteiger charge is -2.26. The Bertz CT molecular complexity index is 699. The van der Waals surface area contributed by atoms with Gasteiger partial charge in [0.25, 0.3) is 0 Å². The summed E-state index contributed by atoms with van der Waals surface area (Å²) in [7, 11) is 0. The summed E-state index contributed by atoms with van der Waals surface area (Å²) in [4.78, 5) is 0. The molecule has 2 aromatic carbocycles. The Morgan fingerprint density at radius 3 is 1.92 bits per heavy atom. The number of benzene rings is 2. The van der Waals surface area contributed by atoms with Crippen molar-refractivity contribution in [3.8, 4) is 23.8 Å². The van der Waals surface area contributed by atoms with E-state index in [-0.39, 0.29) is 24.5 Å². The largest absolute Gasteiger partial charge is 0.491 e. The molecule has 0 saturated heterocycles. The van der Waals surface area contributed by atoms with Gasteiger partial charge in [0, 0.05) is 5.41 Å². The summed E-state index contributed by atoms with van der Waals surface area (Å²) in [5, 5.41) is 9.45. The quantitative estimate of drug-likeness (QED) is 0.572. The van der Waals surface area contributed by atoms with Gasteiger partial charge in [-0.05, 0) is 35.4 Å². The molecule has 0 aliphatic heterocycles. The Hall–Kier alpha value is -2.15. The van der Waals surface area contributed by atoms with Crippen LogP contribution in [0.2, 0.25) is 0 Å². The van der Waals surface area contributed by atoms with Crippen LogP contribution in [-0.4, -0.2) is 30.3 Å². The number of rotatable bonds is 8. The zero-order valence-corrected chi connectivity index (χ0v) is 15.3. The molecule has 25 heavy (non-hydrogen) atoms. The molecule has 132 valence electrons. The maximum atomic E-state index is 9.45. The van der Waals surface area contributed by atoms with E-state index in [0.29, 0.717) is 5.75 Å². The highest BCUT2D eigenvalue weighted by Gasteiger charge is 2.23. The van der Waals surface area contributed by atoms with Crippen LogP contribution in [0.1, 0.15) is 25.0 Å². The fourth-order valence-corrected chi connectivity index (χ4v) is 2.55. The number of hydrogen-bond acceptors (Lipinski definition) is 3. The minimum atomic E-state index is -0.659. The highest BCUT2D eigenvalue weighted by atomic mass is 35.5. The van der Waals surface area contributed by atoms with E-state index in [0.717, 1.165) is 11.3 Å². The molecule has 0 aliphatic rings. The second-order valence-corrected chi connectivity index (χ2v) is 6.59. The van der Waals surface area contributed by atoms with Crippen molar-refractivity contribution in [3.63, 3.8) is 0 Å². The van der Waals surface area contributed by atoms with E-state index in [9.17, 15) is 5.11 Å². The van der Waals surface area contributed by atoms with Crippen molar-refractivity contribution >= 4 is 11.6 Å². The van der Waals surface area contributed by atoms with Crippen LogP contribution in [0, 0.1) is 12.3 Å². The van der Waals surface area contributed by atoms with Gasteiger partial charge in [-0.2, -0.15) is 0 Å². The number of hydrogen-bond donors (Lipinski definition) is 1. The summed E-state index contributed by atoms with van der Waals surface area (Å²) < 4.78 is 10.9. The highest BCUT2D eigenvalue weighted by Crippen LogP contribution is 2.33. The van der Waals surface area contributed by atoms with Crippen LogP contribution in [0.5, 0.6) is 11.5 Å². The molecule has 0 amide bonds. The van der Waals surface area contributed by atoms with Crippen LogP contribution in [0.25, 0.3) is 0 Å². The lowest BCUT2D eigenvalue weighted by molar-refractivity contribution is 0.125. The number of halogens is 1. The van der Waals surface area contributed by atoms with Gasteiger partial charge < -0.3 is 14.6 Å². The summed E-state index contributed by atoms with van der Waals surface area (Å²) >= 11 is 5.56. The topological polar surface area (TPSA) is 38.7 Å². The van der Waals surface area contributed by atoms with Gasteiger partial charge in [-0.25, -0.2) is 0 Å². The van der Waals surface area contributed by atoms with Gasteiger partial charge in [0.05, 0.1) is 5.88 Å². The Morgan fingerprint density at radius 2 is 1.48 bits per heavy atom. The molecular formula is C21H23ClO3. The number of terminal acetylenes is 1. The van der Waals surface area contributed by atoms with Crippen molar-refractivity contribution in [1.82, 2.24) is 0 Å². The number of alkyl halides is 1. The Morgan fingerprint density at radius 1 is 1.00 bits per heavy atom. The summed E-state index contributed by atoms with van der Waals surface area (Å²) in [6.07, 6.45) is 4.54. The fraction of sp³-hybridized carbons (Fsp3) is 0.333. The van der Waals surface area contributed by atoms with Crippen LogP contribution in [-0.2, 0) is 5.41 Å². The Kier molecular flexibility index (Phi) is 6.75. The van der Waals surface area contributed by atoms with E-state index in [1.165, 1.54) is 5.56 Å². The number of ether oxygens (including phenoxy) is 2. The molecule has 0 saturated carbocycles. The SMILES string of the molecule is C#CCOc1ccc(C(C)(C)c2ccc(OC[C@H](O)CCl)cc2)cc1. The molecule has 0 aromatic heterocycles.